The van der Waals surface area contributed by atoms with Gasteiger partial charge in [-0.25, -0.2) is 0 Å². The molecular formula is C24H22O4. The first kappa shape index (κ1) is 19.2. The molecule has 0 amide bonds. The molecule has 0 aliphatic carbocycles. The Bertz CT molecular complexity index is 957. The molecular weight excluding hydrogens is 352 g/mol. The number of ether oxygens (including phenoxy) is 3. The maximum absolute atomic E-state index is 12.8. The summed E-state index contributed by atoms with van der Waals surface area (Å²) in [5.41, 5.74) is 3.18. The topological polar surface area (TPSA) is 44.8 Å². The van der Waals surface area contributed by atoms with Gasteiger partial charge in [0.1, 0.15) is 23.9 Å². The highest BCUT2D eigenvalue weighted by atomic mass is 16.5. The maximum atomic E-state index is 12.8. The fraction of sp³-hybridized carbons (Fsp3) is 0.125. The highest BCUT2D eigenvalue weighted by molar-refractivity contribution is 6.10. The Kier molecular flexibility index (Phi) is 6.12. The fourth-order valence-electron chi connectivity index (χ4n) is 2.76. The molecule has 0 N–H and O–H groups in total. The van der Waals surface area contributed by atoms with Crippen LogP contribution in [0.3, 0.4) is 0 Å². The number of rotatable bonds is 8. The summed E-state index contributed by atoms with van der Waals surface area (Å²) in [6.07, 6.45) is 1.80. The largest absolute Gasteiger partial charge is 0.497 e. The monoisotopic (exact) mass is 374 g/mol. The summed E-state index contributed by atoms with van der Waals surface area (Å²) < 4.78 is 16.3. The van der Waals surface area contributed by atoms with Crippen LogP contribution in [0, 0.1) is 0 Å². The highest BCUT2D eigenvalue weighted by Gasteiger charge is 2.15. The second-order valence-corrected chi connectivity index (χ2v) is 6.15. The van der Waals surface area contributed by atoms with E-state index in [1.54, 1.807) is 55.7 Å². The zero-order valence-corrected chi connectivity index (χ0v) is 16.0. The normalized spacial score (nSPS) is 10.2. The van der Waals surface area contributed by atoms with Gasteiger partial charge < -0.3 is 14.2 Å². The molecule has 0 unspecified atom stereocenters. The van der Waals surface area contributed by atoms with Crippen LogP contribution in [0.15, 0.2) is 73.3 Å². The van der Waals surface area contributed by atoms with Crippen LogP contribution >= 0.6 is 0 Å². The molecule has 0 aromatic heterocycles. The van der Waals surface area contributed by atoms with Gasteiger partial charge in [-0.15, -0.1) is 0 Å². The first-order valence-corrected chi connectivity index (χ1v) is 8.85. The van der Waals surface area contributed by atoms with Gasteiger partial charge in [0.15, 0.2) is 5.78 Å². The average molecular weight is 374 g/mol. The van der Waals surface area contributed by atoms with E-state index in [2.05, 4.69) is 6.58 Å². The van der Waals surface area contributed by atoms with Crippen molar-refractivity contribution in [1.82, 2.24) is 0 Å². The lowest BCUT2D eigenvalue weighted by Gasteiger charge is -2.10. The first-order valence-electron chi connectivity index (χ1n) is 8.85. The Hall–Kier alpha value is -3.53. The predicted octanol–water partition coefficient (Wildman–Crippen LogP) is 5.16. The number of methoxy groups -OCH3 is 2. The zero-order valence-electron chi connectivity index (χ0n) is 16.0. The Balaban J connectivity index is 1.69. The van der Waals surface area contributed by atoms with E-state index < -0.39 is 0 Å². The summed E-state index contributed by atoms with van der Waals surface area (Å²) in [7, 11) is 3.10. The van der Waals surface area contributed by atoms with Gasteiger partial charge in [0.05, 0.1) is 19.8 Å². The van der Waals surface area contributed by atoms with Crippen LogP contribution in [0.4, 0.5) is 0 Å². The van der Waals surface area contributed by atoms with Crippen molar-refractivity contribution in [3.8, 4) is 17.2 Å². The van der Waals surface area contributed by atoms with E-state index in [0.717, 1.165) is 11.1 Å². The molecule has 3 rings (SSSR count). The molecule has 28 heavy (non-hydrogen) atoms. The van der Waals surface area contributed by atoms with Crippen LogP contribution in [-0.2, 0) is 6.61 Å². The number of ketones is 1. The smallest absolute Gasteiger partial charge is 0.196 e. The maximum Gasteiger partial charge on any atom is 0.196 e. The molecule has 142 valence electrons. The van der Waals surface area contributed by atoms with E-state index in [-0.39, 0.29) is 5.78 Å². The number of hydrogen-bond donors (Lipinski definition) is 0. The second kappa shape index (κ2) is 8.91. The molecule has 0 bridgehead atoms. The van der Waals surface area contributed by atoms with Crippen molar-refractivity contribution < 1.29 is 19.0 Å². The molecule has 3 aromatic carbocycles. The van der Waals surface area contributed by atoms with Crippen LogP contribution < -0.4 is 14.2 Å². The van der Waals surface area contributed by atoms with Crippen molar-refractivity contribution >= 4 is 11.9 Å². The molecule has 0 radical (unpaired) electrons. The van der Waals surface area contributed by atoms with Crippen LogP contribution in [-0.4, -0.2) is 20.0 Å². The van der Waals surface area contributed by atoms with Crippen molar-refractivity contribution in [2.75, 3.05) is 14.2 Å². The minimum Gasteiger partial charge on any atom is -0.497 e. The van der Waals surface area contributed by atoms with Crippen LogP contribution in [0.2, 0.25) is 0 Å². The molecule has 0 atom stereocenters. The van der Waals surface area contributed by atoms with E-state index in [0.29, 0.717) is 35.0 Å². The molecule has 0 aliphatic rings. The summed E-state index contributed by atoms with van der Waals surface area (Å²) >= 11 is 0. The van der Waals surface area contributed by atoms with Gasteiger partial charge in [0.25, 0.3) is 0 Å². The Morgan fingerprint density at radius 1 is 0.893 bits per heavy atom. The van der Waals surface area contributed by atoms with Gasteiger partial charge in [-0.3, -0.25) is 4.79 Å². The minimum absolute atomic E-state index is 0.119. The Morgan fingerprint density at radius 3 is 2.18 bits per heavy atom. The van der Waals surface area contributed by atoms with E-state index in [1.165, 1.54) is 7.11 Å². The third kappa shape index (κ3) is 4.41. The molecule has 0 fully saturated rings. The van der Waals surface area contributed by atoms with E-state index in [9.17, 15) is 4.79 Å². The van der Waals surface area contributed by atoms with Crippen molar-refractivity contribution in [2.24, 2.45) is 0 Å². The quantitative estimate of drug-likeness (QED) is 0.511. The van der Waals surface area contributed by atoms with Gasteiger partial charge in [-0.1, -0.05) is 36.9 Å². The first-order chi connectivity index (χ1) is 13.6. The summed E-state index contributed by atoms with van der Waals surface area (Å²) in [6.45, 7) is 4.20. The van der Waals surface area contributed by atoms with E-state index >= 15 is 0 Å². The van der Waals surface area contributed by atoms with Crippen molar-refractivity contribution in [3.63, 3.8) is 0 Å². The molecule has 0 heterocycles. The lowest BCUT2D eigenvalue weighted by molar-refractivity contribution is 0.103. The molecule has 0 aliphatic heterocycles. The van der Waals surface area contributed by atoms with Crippen molar-refractivity contribution in [1.29, 1.82) is 0 Å². The third-order valence-corrected chi connectivity index (χ3v) is 4.39. The summed E-state index contributed by atoms with van der Waals surface area (Å²) in [5, 5.41) is 0. The third-order valence-electron chi connectivity index (χ3n) is 4.39. The van der Waals surface area contributed by atoms with Gasteiger partial charge in [0, 0.05) is 11.6 Å². The molecule has 3 aromatic rings. The molecule has 4 nitrogen and oxygen atoms in total. The Morgan fingerprint density at radius 2 is 1.57 bits per heavy atom. The zero-order chi connectivity index (χ0) is 19.9. The number of carbonyl (C=O) groups excluding carboxylic acids is 1. The van der Waals surface area contributed by atoms with Gasteiger partial charge in [0.2, 0.25) is 0 Å². The molecule has 0 spiro atoms. The molecule has 0 saturated carbocycles. The summed E-state index contributed by atoms with van der Waals surface area (Å²) in [5.74, 6) is 1.70. The second-order valence-electron chi connectivity index (χ2n) is 6.15. The van der Waals surface area contributed by atoms with Gasteiger partial charge in [-0.05, 0) is 47.5 Å². The van der Waals surface area contributed by atoms with Crippen molar-refractivity contribution in [2.45, 2.75) is 6.61 Å². The fourth-order valence-corrected chi connectivity index (χ4v) is 2.76. The van der Waals surface area contributed by atoms with Crippen molar-refractivity contribution in [3.05, 3.63) is 95.6 Å². The van der Waals surface area contributed by atoms with Gasteiger partial charge in [-0.2, -0.15) is 0 Å². The predicted molar refractivity (Wildman–Crippen MR) is 110 cm³/mol. The molecule has 0 saturated heterocycles. The van der Waals surface area contributed by atoms with Crippen LogP contribution in [0.1, 0.15) is 27.0 Å². The average Bonchev–Trinajstić information content (AvgIpc) is 2.77. The molecule has 4 heteroatoms. The SMILES string of the molecule is C=Cc1ccc(COc2ccc(C(=O)c3ccc(OC)cc3OC)cc2)cc1. The van der Waals surface area contributed by atoms with Crippen LogP contribution in [0.25, 0.3) is 6.08 Å². The number of benzene rings is 3. The highest BCUT2D eigenvalue weighted by Crippen LogP contribution is 2.27. The lowest BCUT2D eigenvalue weighted by atomic mass is 10.0. The number of hydrogen-bond acceptors (Lipinski definition) is 4. The minimum atomic E-state index is -0.119. The van der Waals surface area contributed by atoms with Gasteiger partial charge >= 0.3 is 0 Å². The summed E-state index contributed by atoms with van der Waals surface area (Å²) in [4.78, 5) is 12.8. The van der Waals surface area contributed by atoms with E-state index in [1.807, 2.05) is 24.3 Å². The Labute approximate surface area is 165 Å². The lowest BCUT2D eigenvalue weighted by Crippen LogP contribution is -2.04. The van der Waals surface area contributed by atoms with E-state index in [4.69, 9.17) is 14.2 Å². The number of carbonyl (C=O) groups is 1. The van der Waals surface area contributed by atoms with Crippen LogP contribution in [0.5, 0.6) is 17.2 Å². The summed E-state index contributed by atoms with van der Waals surface area (Å²) in [6, 6.07) is 20.2. The standard InChI is InChI=1S/C24H22O4/c1-4-17-5-7-18(8-6-17)16-28-20-11-9-19(10-12-20)24(25)22-14-13-21(26-2)15-23(22)27-3/h4-15H,1,16H2,2-3H3.